The van der Waals surface area contributed by atoms with Crippen molar-refractivity contribution in [1.82, 2.24) is 4.98 Å². The number of hydrogen-bond acceptors (Lipinski definition) is 3. The molecule has 5 heteroatoms. The summed E-state index contributed by atoms with van der Waals surface area (Å²) in [6.07, 6.45) is 0. The van der Waals surface area contributed by atoms with Gasteiger partial charge in [-0.05, 0) is 13.8 Å². The van der Waals surface area contributed by atoms with Gasteiger partial charge in [0, 0.05) is 16.0 Å². The van der Waals surface area contributed by atoms with Crippen LogP contribution < -0.4 is 0 Å². The highest BCUT2D eigenvalue weighted by molar-refractivity contribution is 8.02. The van der Waals surface area contributed by atoms with Crippen LogP contribution in [0.5, 0.6) is 0 Å². The Kier molecular flexibility index (Phi) is 3.71. The molecule has 0 N–H and O–H groups in total. The molecule has 0 aliphatic heterocycles. The molecule has 1 aromatic rings. The lowest BCUT2D eigenvalue weighted by Gasteiger charge is -2.18. The summed E-state index contributed by atoms with van der Waals surface area (Å²) in [5.74, 6) is 0.606. The van der Waals surface area contributed by atoms with E-state index in [1.807, 2.05) is 5.38 Å². The third kappa shape index (κ3) is 3.13. The quantitative estimate of drug-likeness (QED) is 0.588. The third-order valence-corrected chi connectivity index (χ3v) is 4.43. The molecule has 12 heavy (non-hydrogen) atoms. The number of nitrogens with zero attached hydrogens (tertiary/aromatic N) is 1. The van der Waals surface area contributed by atoms with E-state index in [0.29, 0.717) is 11.0 Å². The number of halogens is 2. The lowest BCUT2D eigenvalue weighted by Crippen LogP contribution is -2.15. The Bertz CT molecular complexity index is 260. The highest BCUT2D eigenvalue weighted by atomic mass is 35.5. The van der Waals surface area contributed by atoms with E-state index >= 15 is 0 Å². The van der Waals surface area contributed by atoms with Crippen molar-refractivity contribution in [1.29, 1.82) is 0 Å². The molecular weight excluding hydrogens is 233 g/mol. The molecular formula is C7H9Cl2NS2. The number of thiazole rings is 1. The number of rotatable bonds is 3. The third-order valence-electron chi connectivity index (χ3n) is 1.14. The molecule has 0 bridgehead atoms. The maximum Gasteiger partial charge on any atom is 0.152 e. The second-order valence-electron chi connectivity index (χ2n) is 2.93. The van der Waals surface area contributed by atoms with E-state index in [9.17, 15) is 0 Å². The molecule has 0 spiro atoms. The molecule has 1 aromatic heterocycles. The van der Waals surface area contributed by atoms with Crippen LogP contribution in [0.4, 0.5) is 0 Å². The normalized spacial score (nSPS) is 12.0. The SMILES string of the molecule is CC(C)(CCl)Sc1nc(Cl)cs1. The van der Waals surface area contributed by atoms with Gasteiger partial charge in [0.15, 0.2) is 4.34 Å². The van der Waals surface area contributed by atoms with E-state index in [1.54, 1.807) is 23.1 Å². The fourth-order valence-corrected chi connectivity index (χ4v) is 3.12. The number of alkyl halides is 1. The van der Waals surface area contributed by atoms with E-state index in [-0.39, 0.29) is 4.75 Å². The van der Waals surface area contributed by atoms with Crippen LogP contribution in [-0.4, -0.2) is 15.6 Å². The topological polar surface area (TPSA) is 12.9 Å². The minimum absolute atomic E-state index is 0.0305. The summed E-state index contributed by atoms with van der Waals surface area (Å²) >= 11 is 14.7. The maximum absolute atomic E-state index is 5.77. The van der Waals surface area contributed by atoms with Crippen LogP contribution in [0, 0.1) is 0 Å². The molecule has 0 aromatic carbocycles. The second-order valence-corrected chi connectivity index (χ2v) is 6.40. The predicted octanol–water partition coefficient (Wildman–Crippen LogP) is 3.91. The Labute approximate surface area is 90.5 Å². The highest BCUT2D eigenvalue weighted by Crippen LogP contribution is 2.35. The van der Waals surface area contributed by atoms with Crippen molar-refractivity contribution in [3.8, 4) is 0 Å². The fraction of sp³-hybridized carbons (Fsp3) is 0.571. The van der Waals surface area contributed by atoms with E-state index in [2.05, 4.69) is 18.8 Å². The van der Waals surface area contributed by atoms with Crippen molar-refractivity contribution in [3.05, 3.63) is 10.5 Å². The Hall–Kier alpha value is 0.560. The summed E-state index contributed by atoms with van der Waals surface area (Å²) < 4.78 is 1.01. The number of thioether (sulfide) groups is 1. The molecule has 0 atom stereocenters. The zero-order valence-corrected chi connectivity index (χ0v) is 9.95. The van der Waals surface area contributed by atoms with Gasteiger partial charge in [0.25, 0.3) is 0 Å². The molecule has 0 aliphatic rings. The van der Waals surface area contributed by atoms with Crippen LogP contribution in [0.25, 0.3) is 0 Å². The molecule has 1 rings (SSSR count). The molecule has 1 nitrogen and oxygen atoms in total. The predicted molar refractivity (Wildman–Crippen MR) is 57.8 cm³/mol. The van der Waals surface area contributed by atoms with Gasteiger partial charge in [0.05, 0.1) is 0 Å². The first-order valence-electron chi connectivity index (χ1n) is 3.39. The lowest BCUT2D eigenvalue weighted by molar-refractivity contribution is 0.810. The van der Waals surface area contributed by atoms with Crippen LogP contribution in [0.3, 0.4) is 0 Å². The summed E-state index contributed by atoms with van der Waals surface area (Å²) in [4.78, 5) is 4.13. The van der Waals surface area contributed by atoms with Gasteiger partial charge < -0.3 is 0 Å². The van der Waals surface area contributed by atoms with Gasteiger partial charge in [-0.2, -0.15) is 0 Å². The first kappa shape index (κ1) is 10.6. The van der Waals surface area contributed by atoms with Crippen molar-refractivity contribution in [2.24, 2.45) is 0 Å². The second kappa shape index (κ2) is 4.18. The van der Waals surface area contributed by atoms with Crippen LogP contribution in [-0.2, 0) is 0 Å². The molecule has 0 saturated carbocycles. The van der Waals surface area contributed by atoms with Crippen LogP contribution in [0.2, 0.25) is 5.15 Å². The molecule has 0 amide bonds. The molecule has 0 saturated heterocycles. The molecule has 68 valence electrons. The van der Waals surface area contributed by atoms with Crippen molar-refractivity contribution < 1.29 is 0 Å². The molecule has 0 fully saturated rings. The molecule has 0 aliphatic carbocycles. The van der Waals surface area contributed by atoms with Gasteiger partial charge in [0.2, 0.25) is 0 Å². The van der Waals surface area contributed by atoms with Gasteiger partial charge >= 0.3 is 0 Å². The zero-order chi connectivity index (χ0) is 9.19. The minimum atomic E-state index is 0.0305. The van der Waals surface area contributed by atoms with E-state index in [0.717, 1.165) is 4.34 Å². The smallest absolute Gasteiger partial charge is 0.152 e. The van der Waals surface area contributed by atoms with Gasteiger partial charge in [-0.1, -0.05) is 23.4 Å². The van der Waals surface area contributed by atoms with Crippen molar-refractivity contribution >= 4 is 46.3 Å². The first-order valence-corrected chi connectivity index (χ1v) is 6.00. The Morgan fingerprint density at radius 1 is 1.67 bits per heavy atom. The molecule has 0 unspecified atom stereocenters. The molecule has 1 heterocycles. The average molecular weight is 242 g/mol. The highest BCUT2D eigenvalue weighted by Gasteiger charge is 2.19. The van der Waals surface area contributed by atoms with Crippen LogP contribution in [0.1, 0.15) is 13.8 Å². The standard InChI is InChI=1S/C7H9Cl2NS2/c1-7(2,4-8)12-6-10-5(9)3-11-6/h3H,4H2,1-2H3. The van der Waals surface area contributed by atoms with Crippen LogP contribution >= 0.6 is 46.3 Å². The first-order chi connectivity index (χ1) is 5.53. The Morgan fingerprint density at radius 2 is 2.33 bits per heavy atom. The Balaban J connectivity index is 2.63. The maximum atomic E-state index is 5.77. The van der Waals surface area contributed by atoms with E-state index in [4.69, 9.17) is 23.2 Å². The van der Waals surface area contributed by atoms with Gasteiger partial charge in [-0.15, -0.1) is 22.9 Å². The van der Waals surface area contributed by atoms with Gasteiger partial charge in [0.1, 0.15) is 5.15 Å². The number of hydrogen-bond donors (Lipinski definition) is 0. The zero-order valence-electron chi connectivity index (χ0n) is 6.80. The number of aromatic nitrogens is 1. The summed E-state index contributed by atoms with van der Waals surface area (Å²) in [6.45, 7) is 4.17. The summed E-state index contributed by atoms with van der Waals surface area (Å²) in [5, 5.41) is 2.39. The van der Waals surface area contributed by atoms with E-state index < -0.39 is 0 Å². The van der Waals surface area contributed by atoms with Gasteiger partial charge in [-0.3, -0.25) is 0 Å². The average Bonchev–Trinajstić information content (AvgIpc) is 2.35. The molecule has 0 radical (unpaired) electrons. The minimum Gasteiger partial charge on any atom is -0.218 e. The summed E-state index contributed by atoms with van der Waals surface area (Å²) in [7, 11) is 0. The fourth-order valence-electron chi connectivity index (χ4n) is 0.549. The largest absolute Gasteiger partial charge is 0.218 e. The summed E-state index contributed by atoms with van der Waals surface area (Å²) in [5.41, 5.74) is 0. The summed E-state index contributed by atoms with van der Waals surface area (Å²) in [6, 6.07) is 0. The van der Waals surface area contributed by atoms with Crippen LogP contribution in [0.15, 0.2) is 9.72 Å². The Morgan fingerprint density at radius 3 is 2.75 bits per heavy atom. The monoisotopic (exact) mass is 241 g/mol. The van der Waals surface area contributed by atoms with Crippen molar-refractivity contribution in [2.75, 3.05) is 5.88 Å². The van der Waals surface area contributed by atoms with Crippen molar-refractivity contribution in [2.45, 2.75) is 22.9 Å². The van der Waals surface area contributed by atoms with E-state index in [1.165, 1.54) is 0 Å². The van der Waals surface area contributed by atoms with Gasteiger partial charge in [-0.25, -0.2) is 4.98 Å². The van der Waals surface area contributed by atoms with Crippen molar-refractivity contribution in [3.63, 3.8) is 0 Å². The lowest BCUT2D eigenvalue weighted by atomic mass is 10.2.